The highest BCUT2D eigenvalue weighted by Crippen LogP contribution is 2.16. The summed E-state index contributed by atoms with van der Waals surface area (Å²) in [5.74, 6) is 1.74. The van der Waals surface area contributed by atoms with Gasteiger partial charge in [0.2, 0.25) is 11.9 Å². The van der Waals surface area contributed by atoms with E-state index in [0.29, 0.717) is 11.1 Å². The van der Waals surface area contributed by atoms with Crippen molar-refractivity contribution in [2.45, 2.75) is 24.9 Å². The number of thioether (sulfide) groups is 1. The Morgan fingerprint density at radius 2 is 2.24 bits per heavy atom. The van der Waals surface area contributed by atoms with E-state index in [1.165, 1.54) is 0 Å². The zero-order valence-corrected chi connectivity index (χ0v) is 10.4. The van der Waals surface area contributed by atoms with E-state index in [2.05, 4.69) is 26.9 Å². The SMILES string of the molecule is CCCCSc1nc(N)nc(-n2ccnc2)n1. The molecule has 0 aliphatic heterocycles. The molecule has 0 fully saturated rings. The van der Waals surface area contributed by atoms with Crippen LogP contribution < -0.4 is 5.73 Å². The summed E-state index contributed by atoms with van der Waals surface area (Å²) in [5, 5.41) is 0.662. The number of nitrogens with two attached hydrogens (primary N) is 1. The van der Waals surface area contributed by atoms with Crippen molar-refractivity contribution in [1.82, 2.24) is 24.5 Å². The predicted molar refractivity (Wildman–Crippen MR) is 67.0 cm³/mol. The zero-order chi connectivity index (χ0) is 12.1. The Bertz CT molecular complexity index is 470. The smallest absolute Gasteiger partial charge is 0.240 e. The van der Waals surface area contributed by atoms with Gasteiger partial charge in [-0.05, 0) is 6.42 Å². The first-order valence-corrected chi connectivity index (χ1v) is 6.41. The standard InChI is InChI=1S/C10H14N6S/c1-2-3-6-17-10-14-8(11)13-9(15-10)16-5-4-12-7-16/h4-5,7H,2-3,6H2,1H3,(H2,11,13,14,15). The fourth-order valence-corrected chi connectivity index (χ4v) is 2.15. The average molecular weight is 250 g/mol. The van der Waals surface area contributed by atoms with E-state index in [9.17, 15) is 0 Å². The molecule has 0 amide bonds. The molecular weight excluding hydrogens is 236 g/mol. The Balaban J connectivity index is 2.18. The minimum atomic E-state index is 0.239. The van der Waals surface area contributed by atoms with Gasteiger partial charge in [-0.25, -0.2) is 4.98 Å². The third kappa shape index (κ3) is 3.16. The van der Waals surface area contributed by atoms with Crippen LogP contribution in [0.3, 0.4) is 0 Å². The monoisotopic (exact) mass is 250 g/mol. The number of imidazole rings is 1. The van der Waals surface area contributed by atoms with Gasteiger partial charge in [-0.2, -0.15) is 15.0 Å². The number of nitrogens with zero attached hydrogens (tertiary/aromatic N) is 5. The molecule has 17 heavy (non-hydrogen) atoms. The first-order chi connectivity index (χ1) is 8.29. The molecule has 0 aliphatic carbocycles. The van der Waals surface area contributed by atoms with E-state index in [4.69, 9.17) is 5.73 Å². The maximum atomic E-state index is 5.66. The Kier molecular flexibility index (Phi) is 3.92. The van der Waals surface area contributed by atoms with Crippen molar-refractivity contribution < 1.29 is 0 Å². The second-order valence-electron chi connectivity index (χ2n) is 3.45. The van der Waals surface area contributed by atoms with Gasteiger partial charge >= 0.3 is 0 Å². The molecule has 0 aliphatic rings. The maximum absolute atomic E-state index is 5.66. The average Bonchev–Trinajstić information content (AvgIpc) is 2.82. The molecular formula is C10H14N6S. The molecule has 0 spiro atoms. The van der Waals surface area contributed by atoms with Crippen molar-refractivity contribution in [2.24, 2.45) is 0 Å². The number of hydrogen-bond donors (Lipinski definition) is 1. The molecule has 2 N–H and O–H groups in total. The van der Waals surface area contributed by atoms with Gasteiger partial charge in [-0.3, -0.25) is 4.57 Å². The molecule has 0 saturated heterocycles. The molecule has 6 nitrogen and oxygen atoms in total. The highest BCUT2D eigenvalue weighted by atomic mass is 32.2. The molecule has 2 rings (SSSR count). The molecule has 90 valence electrons. The second kappa shape index (κ2) is 5.62. The Morgan fingerprint density at radius 1 is 1.35 bits per heavy atom. The van der Waals surface area contributed by atoms with Crippen molar-refractivity contribution in [2.75, 3.05) is 11.5 Å². The lowest BCUT2D eigenvalue weighted by Gasteiger charge is -2.04. The molecule has 0 atom stereocenters. The normalized spacial score (nSPS) is 10.6. The molecule has 2 heterocycles. The van der Waals surface area contributed by atoms with Gasteiger partial charge in [-0.1, -0.05) is 25.1 Å². The van der Waals surface area contributed by atoms with E-state index >= 15 is 0 Å². The summed E-state index contributed by atoms with van der Waals surface area (Å²) >= 11 is 1.59. The summed E-state index contributed by atoms with van der Waals surface area (Å²) in [6, 6.07) is 0. The predicted octanol–water partition coefficient (Wildman–Crippen LogP) is 1.53. The van der Waals surface area contributed by atoms with Crippen LogP contribution in [0.4, 0.5) is 5.95 Å². The Hall–Kier alpha value is -1.63. The summed E-state index contributed by atoms with van der Waals surface area (Å²) in [6.07, 6.45) is 7.37. The van der Waals surface area contributed by atoms with E-state index < -0.39 is 0 Å². The fraction of sp³-hybridized carbons (Fsp3) is 0.400. The second-order valence-corrected chi connectivity index (χ2v) is 4.51. The van der Waals surface area contributed by atoms with Crippen LogP contribution >= 0.6 is 11.8 Å². The number of aromatic nitrogens is 5. The van der Waals surface area contributed by atoms with Gasteiger partial charge in [0.1, 0.15) is 6.33 Å². The number of rotatable bonds is 5. The van der Waals surface area contributed by atoms with Gasteiger partial charge in [0.05, 0.1) is 0 Å². The first kappa shape index (κ1) is 11.8. The van der Waals surface area contributed by atoms with Gasteiger partial charge in [0, 0.05) is 18.1 Å². The third-order valence-corrected chi connectivity index (χ3v) is 3.02. The van der Waals surface area contributed by atoms with Crippen LogP contribution in [0.25, 0.3) is 5.95 Å². The summed E-state index contributed by atoms with van der Waals surface area (Å²) in [5.41, 5.74) is 5.66. The fourth-order valence-electron chi connectivity index (χ4n) is 1.23. The first-order valence-electron chi connectivity index (χ1n) is 5.42. The lowest BCUT2D eigenvalue weighted by Crippen LogP contribution is -2.06. The maximum Gasteiger partial charge on any atom is 0.240 e. The van der Waals surface area contributed by atoms with Crippen LogP contribution in [0.15, 0.2) is 23.9 Å². The lowest BCUT2D eigenvalue weighted by molar-refractivity contribution is 0.828. The van der Waals surface area contributed by atoms with Crippen LogP contribution in [0.1, 0.15) is 19.8 Å². The van der Waals surface area contributed by atoms with Crippen LogP contribution in [0.2, 0.25) is 0 Å². The van der Waals surface area contributed by atoms with E-state index in [1.807, 2.05) is 0 Å². The number of anilines is 1. The van der Waals surface area contributed by atoms with Crippen molar-refractivity contribution in [3.8, 4) is 5.95 Å². The molecule has 0 radical (unpaired) electrons. The van der Waals surface area contributed by atoms with Crippen molar-refractivity contribution in [3.05, 3.63) is 18.7 Å². The quantitative estimate of drug-likeness (QED) is 0.640. The summed E-state index contributed by atoms with van der Waals surface area (Å²) < 4.78 is 1.71. The molecule has 0 aromatic carbocycles. The number of hydrogen-bond acceptors (Lipinski definition) is 6. The summed E-state index contributed by atoms with van der Waals surface area (Å²) in [4.78, 5) is 16.4. The minimum absolute atomic E-state index is 0.239. The van der Waals surface area contributed by atoms with Crippen molar-refractivity contribution >= 4 is 17.7 Å². The van der Waals surface area contributed by atoms with Gasteiger partial charge in [0.25, 0.3) is 0 Å². The van der Waals surface area contributed by atoms with Crippen LogP contribution in [0, 0.1) is 0 Å². The van der Waals surface area contributed by atoms with Gasteiger partial charge in [-0.15, -0.1) is 0 Å². The van der Waals surface area contributed by atoms with Gasteiger partial charge in [0.15, 0.2) is 5.16 Å². The van der Waals surface area contributed by atoms with Gasteiger partial charge < -0.3 is 5.73 Å². The molecule has 2 aromatic heterocycles. The van der Waals surface area contributed by atoms with E-state index in [0.717, 1.165) is 18.6 Å². The zero-order valence-electron chi connectivity index (χ0n) is 9.58. The molecule has 0 bridgehead atoms. The highest BCUT2D eigenvalue weighted by Gasteiger charge is 2.06. The molecule has 0 unspecified atom stereocenters. The topological polar surface area (TPSA) is 82.5 Å². The Morgan fingerprint density at radius 3 is 2.94 bits per heavy atom. The van der Waals surface area contributed by atoms with E-state index in [1.54, 1.807) is 35.0 Å². The molecule has 2 aromatic rings. The van der Waals surface area contributed by atoms with Crippen molar-refractivity contribution in [1.29, 1.82) is 0 Å². The summed E-state index contributed by atoms with van der Waals surface area (Å²) in [6.45, 7) is 2.15. The third-order valence-electron chi connectivity index (χ3n) is 2.08. The van der Waals surface area contributed by atoms with Crippen LogP contribution in [-0.2, 0) is 0 Å². The Labute approximate surface area is 104 Å². The molecule has 7 heteroatoms. The summed E-state index contributed by atoms with van der Waals surface area (Å²) in [7, 11) is 0. The van der Waals surface area contributed by atoms with Crippen LogP contribution in [-0.4, -0.2) is 30.3 Å². The highest BCUT2D eigenvalue weighted by molar-refractivity contribution is 7.99. The van der Waals surface area contributed by atoms with Crippen molar-refractivity contribution in [3.63, 3.8) is 0 Å². The molecule has 0 saturated carbocycles. The largest absolute Gasteiger partial charge is 0.368 e. The number of unbranched alkanes of at least 4 members (excludes halogenated alkanes) is 1. The van der Waals surface area contributed by atoms with Crippen LogP contribution in [0.5, 0.6) is 0 Å². The number of nitrogen functional groups attached to an aromatic ring is 1. The van der Waals surface area contributed by atoms with E-state index in [-0.39, 0.29) is 5.95 Å². The minimum Gasteiger partial charge on any atom is -0.368 e. The lowest BCUT2D eigenvalue weighted by atomic mass is 10.4.